The smallest absolute Gasteiger partial charge is 0.191 e. The lowest BCUT2D eigenvalue weighted by molar-refractivity contribution is 0.102. The molecule has 0 saturated carbocycles. The van der Waals surface area contributed by atoms with Gasteiger partial charge in [-0.1, -0.05) is 50.1 Å². The van der Waals surface area contributed by atoms with Crippen LogP contribution < -0.4 is 5.73 Å². The second kappa shape index (κ2) is 5.85. The molecule has 0 radical (unpaired) electrons. The number of ketones is 1. The fourth-order valence-electron chi connectivity index (χ4n) is 2.69. The monoisotopic (exact) mass is 243 g/mol. The zero-order valence-electron chi connectivity index (χ0n) is 11.0. The Balaban J connectivity index is 2.19. The second-order valence-corrected chi connectivity index (χ2v) is 5.01. The summed E-state index contributed by atoms with van der Waals surface area (Å²) in [5.41, 5.74) is 8.50. The molecule has 0 aromatic heterocycles. The van der Waals surface area contributed by atoms with Crippen molar-refractivity contribution in [1.82, 2.24) is 0 Å². The Bertz CT molecular complexity index is 447. The lowest BCUT2D eigenvalue weighted by Crippen LogP contribution is -2.13. The molecule has 96 valence electrons. The molecule has 1 aliphatic rings. The van der Waals surface area contributed by atoms with E-state index in [0.717, 1.165) is 36.1 Å². The molecule has 0 unspecified atom stereocenters. The minimum atomic E-state index is 0.131. The van der Waals surface area contributed by atoms with E-state index in [0.29, 0.717) is 5.92 Å². The number of Topliss-reactive ketones (excluding diaryl/α,β-unsaturated/α-hetero) is 1. The van der Waals surface area contributed by atoms with E-state index in [-0.39, 0.29) is 5.78 Å². The summed E-state index contributed by atoms with van der Waals surface area (Å²) in [5, 5.41) is 0. The Morgan fingerprint density at radius 3 is 2.72 bits per heavy atom. The van der Waals surface area contributed by atoms with Gasteiger partial charge in [0.05, 0.1) is 0 Å². The molecule has 0 heterocycles. The number of unbranched alkanes of at least 4 members (excludes halogenated alkanes) is 1. The van der Waals surface area contributed by atoms with Crippen molar-refractivity contribution in [2.45, 2.75) is 39.0 Å². The van der Waals surface area contributed by atoms with Gasteiger partial charge in [-0.3, -0.25) is 4.79 Å². The molecule has 0 saturated heterocycles. The largest absolute Gasteiger partial charge is 0.402 e. The topological polar surface area (TPSA) is 43.1 Å². The summed E-state index contributed by atoms with van der Waals surface area (Å²) in [6.07, 6.45) is 5.35. The minimum absolute atomic E-state index is 0.131. The maximum Gasteiger partial charge on any atom is 0.191 e. The SMILES string of the molecule is CCCC[C@H]1CCC(N)=C1C(=O)c1ccccc1. The molecule has 2 nitrogen and oxygen atoms in total. The van der Waals surface area contributed by atoms with Crippen molar-refractivity contribution >= 4 is 5.78 Å². The first kappa shape index (κ1) is 12.9. The molecule has 1 aromatic rings. The highest BCUT2D eigenvalue weighted by molar-refractivity contribution is 6.09. The molecule has 18 heavy (non-hydrogen) atoms. The van der Waals surface area contributed by atoms with Crippen molar-refractivity contribution in [1.29, 1.82) is 0 Å². The summed E-state index contributed by atoms with van der Waals surface area (Å²) in [6.45, 7) is 2.18. The van der Waals surface area contributed by atoms with Crippen LogP contribution in [0.1, 0.15) is 49.4 Å². The summed E-state index contributed by atoms with van der Waals surface area (Å²) in [7, 11) is 0. The fourth-order valence-corrected chi connectivity index (χ4v) is 2.69. The van der Waals surface area contributed by atoms with Crippen molar-refractivity contribution in [2.24, 2.45) is 11.7 Å². The third kappa shape index (κ3) is 2.63. The predicted molar refractivity (Wildman–Crippen MR) is 74.2 cm³/mol. The van der Waals surface area contributed by atoms with E-state index < -0.39 is 0 Å². The quantitative estimate of drug-likeness (QED) is 0.802. The maximum atomic E-state index is 12.5. The van der Waals surface area contributed by atoms with E-state index in [4.69, 9.17) is 5.73 Å². The highest BCUT2D eigenvalue weighted by atomic mass is 16.1. The van der Waals surface area contributed by atoms with Gasteiger partial charge in [0, 0.05) is 16.8 Å². The zero-order chi connectivity index (χ0) is 13.0. The Morgan fingerprint density at radius 1 is 1.33 bits per heavy atom. The number of carbonyl (C=O) groups excluding carboxylic acids is 1. The normalized spacial score (nSPS) is 19.3. The molecule has 1 atom stereocenters. The van der Waals surface area contributed by atoms with Gasteiger partial charge < -0.3 is 5.73 Å². The maximum absolute atomic E-state index is 12.5. The van der Waals surface area contributed by atoms with E-state index in [9.17, 15) is 4.79 Å². The van der Waals surface area contributed by atoms with E-state index in [1.54, 1.807) is 0 Å². The van der Waals surface area contributed by atoms with Crippen LogP contribution in [0.25, 0.3) is 0 Å². The van der Waals surface area contributed by atoms with Crippen molar-refractivity contribution in [3.8, 4) is 0 Å². The minimum Gasteiger partial charge on any atom is -0.402 e. The number of carbonyl (C=O) groups is 1. The highest BCUT2D eigenvalue weighted by Crippen LogP contribution is 2.35. The zero-order valence-corrected chi connectivity index (χ0v) is 11.0. The van der Waals surface area contributed by atoms with Gasteiger partial charge in [-0.15, -0.1) is 0 Å². The molecular formula is C16H21NO. The van der Waals surface area contributed by atoms with E-state index in [1.807, 2.05) is 30.3 Å². The van der Waals surface area contributed by atoms with Crippen LogP contribution in [0.3, 0.4) is 0 Å². The lowest BCUT2D eigenvalue weighted by Gasteiger charge is -2.13. The van der Waals surface area contributed by atoms with E-state index >= 15 is 0 Å². The number of nitrogens with two attached hydrogens (primary N) is 1. The summed E-state index contributed by atoms with van der Waals surface area (Å²) in [5.74, 6) is 0.504. The lowest BCUT2D eigenvalue weighted by atomic mass is 9.90. The van der Waals surface area contributed by atoms with Gasteiger partial charge in [-0.05, 0) is 25.2 Å². The molecule has 2 heteroatoms. The van der Waals surface area contributed by atoms with Crippen LogP contribution in [0.4, 0.5) is 0 Å². The second-order valence-electron chi connectivity index (χ2n) is 5.01. The van der Waals surface area contributed by atoms with Crippen molar-refractivity contribution in [3.05, 3.63) is 47.2 Å². The van der Waals surface area contributed by atoms with Crippen molar-refractivity contribution in [3.63, 3.8) is 0 Å². The van der Waals surface area contributed by atoms with Gasteiger partial charge in [-0.2, -0.15) is 0 Å². The molecule has 0 bridgehead atoms. The fraction of sp³-hybridized carbons (Fsp3) is 0.438. The number of hydrogen-bond acceptors (Lipinski definition) is 2. The molecule has 1 aromatic carbocycles. The highest BCUT2D eigenvalue weighted by Gasteiger charge is 2.29. The van der Waals surface area contributed by atoms with Crippen LogP contribution >= 0.6 is 0 Å². The standard InChI is InChI=1S/C16H21NO/c1-2-3-7-12-10-11-14(17)15(12)16(18)13-8-5-4-6-9-13/h4-6,8-9,12H,2-3,7,10-11,17H2,1H3/t12-/m0/s1. The molecule has 0 spiro atoms. The van der Waals surface area contributed by atoms with Crippen LogP contribution in [-0.4, -0.2) is 5.78 Å². The average Bonchev–Trinajstić information content (AvgIpc) is 2.77. The molecular weight excluding hydrogens is 222 g/mol. The van der Waals surface area contributed by atoms with Gasteiger partial charge >= 0.3 is 0 Å². The Kier molecular flexibility index (Phi) is 4.19. The van der Waals surface area contributed by atoms with Crippen molar-refractivity contribution in [2.75, 3.05) is 0 Å². The predicted octanol–water partition coefficient (Wildman–Crippen LogP) is 3.68. The molecule has 2 N–H and O–H groups in total. The first-order valence-electron chi connectivity index (χ1n) is 6.82. The number of allylic oxidation sites excluding steroid dienone is 2. The van der Waals surface area contributed by atoms with E-state index in [2.05, 4.69) is 6.92 Å². The van der Waals surface area contributed by atoms with Crippen LogP contribution in [-0.2, 0) is 0 Å². The van der Waals surface area contributed by atoms with Gasteiger partial charge in [0.1, 0.15) is 0 Å². The number of hydrogen-bond donors (Lipinski definition) is 1. The molecule has 2 rings (SSSR count). The van der Waals surface area contributed by atoms with Gasteiger partial charge in [0.15, 0.2) is 5.78 Å². The first-order chi connectivity index (χ1) is 8.74. The van der Waals surface area contributed by atoms with Crippen LogP contribution in [0.15, 0.2) is 41.6 Å². The first-order valence-corrected chi connectivity index (χ1v) is 6.82. The molecule has 0 fully saturated rings. The average molecular weight is 243 g/mol. The van der Waals surface area contributed by atoms with Crippen LogP contribution in [0.5, 0.6) is 0 Å². The number of rotatable bonds is 5. The summed E-state index contributed by atoms with van der Waals surface area (Å²) < 4.78 is 0. The summed E-state index contributed by atoms with van der Waals surface area (Å²) >= 11 is 0. The Labute approximate surface area is 109 Å². The van der Waals surface area contributed by atoms with E-state index in [1.165, 1.54) is 12.8 Å². The van der Waals surface area contributed by atoms with Gasteiger partial charge in [0.2, 0.25) is 0 Å². The third-order valence-electron chi connectivity index (χ3n) is 3.70. The summed E-state index contributed by atoms with van der Waals surface area (Å²) in [6, 6.07) is 9.48. The molecule has 0 amide bonds. The van der Waals surface area contributed by atoms with Crippen LogP contribution in [0, 0.1) is 5.92 Å². The van der Waals surface area contributed by atoms with Gasteiger partial charge in [-0.25, -0.2) is 0 Å². The van der Waals surface area contributed by atoms with Crippen molar-refractivity contribution < 1.29 is 4.79 Å². The van der Waals surface area contributed by atoms with Crippen LogP contribution in [0.2, 0.25) is 0 Å². The number of benzene rings is 1. The molecule has 1 aliphatic carbocycles. The Hall–Kier alpha value is -1.57. The Morgan fingerprint density at radius 2 is 2.06 bits per heavy atom. The summed E-state index contributed by atoms with van der Waals surface area (Å²) in [4.78, 5) is 12.5. The third-order valence-corrected chi connectivity index (χ3v) is 3.70. The van der Waals surface area contributed by atoms with Gasteiger partial charge in [0.25, 0.3) is 0 Å². The molecule has 0 aliphatic heterocycles.